The summed E-state index contributed by atoms with van der Waals surface area (Å²) in [5.74, 6) is -1.12. The van der Waals surface area contributed by atoms with Crippen LogP contribution in [0.3, 0.4) is 0 Å². The van der Waals surface area contributed by atoms with Crippen molar-refractivity contribution >= 4 is 16.0 Å². The van der Waals surface area contributed by atoms with Crippen molar-refractivity contribution < 1.29 is 18.3 Å². The molecule has 0 spiro atoms. The van der Waals surface area contributed by atoms with Gasteiger partial charge in [-0.1, -0.05) is 75.7 Å². The minimum absolute atomic E-state index is 0.00599. The summed E-state index contributed by atoms with van der Waals surface area (Å²) >= 11 is 0. The molecule has 10 heteroatoms. The molecule has 0 saturated carbocycles. The second kappa shape index (κ2) is 10.7. The first-order chi connectivity index (χ1) is 15.7. The van der Waals surface area contributed by atoms with Crippen LogP contribution in [0.2, 0.25) is 0 Å². The quantitative estimate of drug-likeness (QED) is 0.437. The summed E-state index contributed by atoms with van der Waals surface area (Å²) in [4.78, 5) is 12.0. The van der Waals surface area contributed by atoms with Crippen molar-refractivity contribution in [2.24, 2.45) is 5.92 Å². The second-order valence-electron chi connectivity index (χ2n) is 8.22. The number of carboxylic acids is 1. The van der Waals surface area contributed by atoms with Crippen molar-refractivity contribution in [3.05, 3.63) is 54.1 Å². The monoisotopic (exact) mass is 471 g/mol. The maximum atomic E-state index is 13.0. The molecule has 0 fully saturated rings. The maximum absolute atomic E-state index is 13.0. The number of aromatic nitrogens is 4. The van der Waals surface area contributed by atoms with Crippen molar-refractivity contribution in [2.75, 3.05) is 5.75 Å². The van der Waals surface area contributed by atoms with E-state index < -0.39 is 22.0 Å². The first-order valence-corrected chi connectivity index (χ1v) is 12.5. The van der Waals surface area contributed by atoms with E-state index in [9.17, 15) is 18.3 Å². The molecule has 0 amide bonds. The lowest BCUT2D eigenvalue weighted by atomic mass is 9.98. The summed E-state index contributed by atoms with van der Waals surface area (Å²) in [6.07, 6.45) is 1.19. The molecule has 0 saturated heterocycles. The number of sulfonamides is 1. The Labute approximate surface area is 193 Å². The van der Waals surface area contributed by atoms with Crippen LogP contribution in [0.15, 0.2) is 48.5 Å². The number of rotatable bonds is 11. The summed E-state index contributed by atoms with van der Waals surface area (Å²) in [6, 6.07) is 13.9. The molecule has 1 atom stereocenters. The van der Waals surface area contributed by atoms with Crippen LogP contribution in [0.5, 0.6) is 0 Å². The fourth-order valence-electron chi connectivity index (χ4n) is 3.73. The van der Waals surface area contributed by atoms with E-state index in [2.05, 4.69) is 20.6 Å². The third-order valence-corrected chi connectivity index (χ3v) is 7.30. The average Bonchev–Trinajstić information content (AvgIpc) is 3.32. The third kappa shape index (κ3) is 5.82. The summed E-state index contributed by atoms with van der Waals surface area (Å²) in [6.45, 7) is 5.34. The SMILES string of the molecule is CCCCS(=O)(=O)N(Cc1ccc(-c2ccccc2-c2nn[nH]n2)cc1)C(C(=O)O)C(C)C. The van der Waals surface area contributed by atoms with Crippen LogP contribution in [-0.2, 0) is 21.4 Å². The van der Waals surface area contributed by atoms with E-state index in [4.69, 9.17) is 0 Å². The smallest absolute Gasteiger partial charge is 0.322 e. The molecule has 33 heavy (non-hydrogen) atoms. The molecule has 2 N–H and O–H groups in total. The van der Waals surface area contributed by atoms with Gasteiger partial charge in [-0.15, -0.1) is 10.2 Å². The highest BCUT2D eigenvalue weighted by atomic mass is 32.2. The standard InChI is InChI=1S/C23H29N5O4S/c1-4-5-14-33(31,32)28(21(16(2)3)23(29)30)15-17-10-12-18(13-11-17)19-8-6-7-9-20(19)22-24-26-27-25-22/h6-13,16,21H,4-5,14-15H2,1-3H3,(H,29,30)(H,24,25,26,27). The molecule has 9 nitrogen and oxygen atoms in total. The number of carbonyl (C=O) groups is 1. The molecule has 176 valence electrons. The van der Waals surface area contributed by atoms with Gasteiger partial charge < -0.3 is 5.11 Å². The van der Waals surface area contributed by atoms with Crippen LogP contribution in [0.4, 0.5) is 0 Å². The van der Waals surface area contributed by atoms with Gasteiger partial charge in [0.05, 0.1) is 5.75 Å². The number of tetrazole rings is 1. The molecule has 1 aromatic heterocycles. The Hall–Kier alpha value is -3.11. The van der Waals surface area contributed by atoms with Crippen LogP contribution in [0.1, 0.15) is 39.2 Å². The van der Waals surface area contributed by atoms with Crippen molar-refractivity contribution in [1.82, 2.24) is 24.9 Å². The Morgan fingerprint density at radius 1 is 1.09 bits per heavy atom. The summed E-state index contributed by atoms with van der Waals surface area (Å²) in [5, 5.41) is 24.0. The number of carboxylic acid groups (broad SMARTS) is 1. The van der Waals surface area contributed by atoms with Gasteiger partial charge in [-0.3, -0.25) is 4.79 Å². The van der Waals surface area contributed by atoms with E-state index >= 15 is 0 Å². The average molecular weight is 472 g/mol. The molecule has 3 rings (SSSR count). The summed E-state index contributed by atoms with van der Waals surface area (Å²) in [5.41, 5.74) is 3.33. The van der Waals surface area contributed by atoms with E-state index in [-0.39, 0.29) is 18.2 Å². The van der Waals surface area contributed by atoms with Gasteiger partial charge in [-0.05, 0) is 34.2 Å². The van der Waals surface area contributed by atoms with Gasteiger partial charge in [0.1, 0.15) is 6.04 Å². The molecule has 0 aliphatic carbocycles. The number of hydrogen-bond acceptors (Lipinski definition) is 6. The van der Waals surface area contributed by atoms with Crippen LogP contribution in [0, 0.1) is 5.92 Å². The van der Waals surface area contributed by atoms with Gasteiger partial charge in [0.2, 0.25) is 15.8 Å². The van der Waals surface area contributed by atoms with E-state index in [0.717, 1.165) is 21.0 Å². The predicted octanol–water partition coefficient (Wildman–Crippen LogP) is 3.57. The molecular weight excluding hydrogens is 442 g/mol. The Balaban J connectivity index is 1.92. The topological polar surface area (TPSA) is 129 Å². The molecule has 0 aliphatic rings. The molecule has 0 radical (unpaired) electrons. The minimum Gasteiger partial charge on any atom is -0.480 e. The number of aromatic amines is 1. The number of benzene rings is 2. The van der Waals surface area contributed by atoms with Gasteiger partial charge in [-0.25, -0.2) is 8.42 Å². The normalized spacial score (nSPS) is 12.9. The molecular formula is C23H29N5O4S. The van der Waals surface area contributed by atoms with Gasteiger partial charge in [0.15, 0.2) is 0 Å². The minimum atomic E-state index is -3.75. The maximum Gasteiger partial charge on any atom is 0.322 e. The number of nitrogens with one attached hydrogen (secondary N) is 1. The lowest BCUT2D eigenvalue weighted by Crippen LogP contribution is -2.48. The number of aliphatic carboxylic acids is 1. The predicted molar refractivity (Wildman–Crippen MR) is 126 cm³/mol. The molecule has 2 aromatic carbocycles. The van der Waals surface area contributed by atoms with Crippen LogP contribution >= 0.6 is 0 Å². The Kier molecular flexibility index (Phi) is 7.93. The Morgan fingerprint density at radius 2 is 1.76 bits per heavy atom. The molecule has 1 unspecified atom stereocenters. The van der Waals surface area contributed by atoms with Gasteiger partial charge >= 0.3 is 5.97 Å². The lowest BCUT2D eigenvalue weighted by Gasteiger charge is -2.30. The zero-order chi connectivity index (χ0) is 24.0. The van der Waals surface area contributed by atoms with E-state index in [0.29, 0.717) is 24.2 Å². The highest BCUT2D eigenvalue weighted by Crippen LogP contribution is 2.30. The lowest BCUT2D eigenvalue weighted by molar-refractivity contribution is -0.143. The molecule has 3 aromatic rings. The van der Waals surface area contributed by atoms with Crippen LogP contribution < -0.4 is 0 Å². The van der Waals surface area contributed by atoms with Crippen molar-refractivity contribution in [1.29, 1.82) is 0 Å². The van der Waals surface area contributed by atoms with E-state index in [1.165, 1.54) is 0 Å². The zero-order valence-electron chi connectivity index (χ0n) is 19.0. The fourth-order valence-corrected chi connectivity index (χ4v) is 5.64. The van der Waals surface area contributed by atoms with Crippen molar-refractivity contribution in [3.8, 4) is 22.5 Å². The van der Waals surface area contributed by atoms with Gasteiger partial charge in [-0.2, -0.15) is 9.52 Å². The largest absolute Gasteiger partial charge is 0.480 e. The number of unbranched alkanes of at least 4 members (excludes halogenated alkanes) is 1. The van der Waals surface area contributed by atoms with Gasteiger partial charge in [0.25, 0.3) is 0 Å². The zero-order valence-corrected chi connectivity index (χ0v) is 19.8. The van der Waals surface area contributed by atoms with E-state index in [1.54, 1.807) is 13.8 Å². The number of H-pyrrole nitrogens is 1. The second-order valence-corrected chi connectivity index (χ2v) is 10.3. The molecule has 1 heterocycles. The Bertz CT molecular complexity index is 1160. The van der Waals surface area contributed by atoms with Crippen molar-refractivity contribution in [3.63, 3.8) is 0 Å². The van der Waals surface area contributed by atoms with Crippen LogP contribution in [0.25, 0.3) is 22.5 Å². The van der Waals surface area contributed by atoms with Gasteiger partial charge in [0, 0.05) is 12.1 Å². The van der Waals surface area contributed by atoms with E-state index in [1.807, 2.05) is 55.5 Å². The van der Waals surface area contributed by atoms with Crippen LogP contribution in [-0.4, -0.2) is 56.2 Å². The molecule has 0 aliphatic heterocycles. The Morgan fingerprint density at radius 3 is 2.30 bits per heavy atom. The highest BCUT2D eigenvalue weighted by Gasteiger charge is 2.36. The first-order valence-electron chi connectivity index (χ1n) is 10.9. The summed E-state index contributed by atoms with van der Waals surface area (Å²) in [7, 11) is -3.75. The number of nitrogens with zero attached hydrogens (tertiary/aromatic N) is 4. The first kappa shape index (κ1) is 24.5. The molecule has 0 bridgehead atoms. The fraction of sp³-hybridized carbons (Fsp3) is 0.391. The highest BCUT2D eigenvalue weighted by molar-refractivity contribution is 7.89. The summed E-state index contributed by atoms with van der Waals surface area (Å²) < 4.78 is 27.2. The number of hydrogen-bond donors (Lipinski definition) is 2. The third-order valence-electron chi connectivity index (χ3n) is 5.42. The van der Waals surface area contributed by atoms with Crippen molar-refractivity contribution in [2.45, 2.75) is 46.2 Å².